The second kappa shape index (κ2) is 9.00. The van der Waals surface area contributed by atoms with Crippen LogP contribution in [0.5, 0.6) is 5.75 Å². The first kappa shape index (κ1) is 20.9. The van der Waals surface area contributed by atoms with E-state index >= 15 is 0 Å². The molecule has 140 valence electrons. The van der Waals surface area contributed by atoms with Crippen molar-refractivity contribution in [2.45, 2.75) is 31.9 Å². The molecule has 0 bridgehead atoms. The Hall–Kier alpha value is -1.40. The maximum absolute atomic E-state index is 11.8. The largest absolute Gasteiger partial charge is 0.616 e. The Morgan fingerprint density at radius 2 is 1.77 bits per heavy atom. The summed E-state index contributed by atoms with van der Waals surface area (Å²) in [4.78, 5) is 10.6. The monoisotopic (exact) mass is 414 g/mol. The molecule has 0 radical (unpaired) electrons. The van der Waals surface area contributed by atoms with Crippen LogP contribution in [0.1, 0.15) is 42.0 Å². The highest BCUT2D eigenvalue weighted by Crippen LogP contribution is 2.32. The molecule has 26 heavy (non-hydrogen) atoms. The van der Waals surface area contributed by atoms with E-state index in [9.17, 15) is 14.5 Å². The van der Waals surface area contributed by atoms with Crippen LogP contribution in [0.4, 0.5) is 0 Å². The molecule has 0 aliphatic carbocycles. The number of carbonyl (C=O) groups is 1. The van der Waals surface area contributed by atoms with Crippen LogP contribution in [0.3, 0.4) is 0 Å². The van der Waals surface area contributed by atoms with Gasteiger partial charge in [0.25, 0.3) is 0 Å². The van der Waals surface area contributed by atoms with Crippen molar-refractivity contribution in [3.05, 3.63) is 62.6 Å². The van der Waals surface area contributed by atoms with E-state index < -0.39 is 22.9 Å². The predicted octanol–water partition coefficient (Wildman–Crippen LogP) is 4.75. The van der Waals surface area contributed by atoms with Gasteiger partial charge in [0, 0.05) is 22.0 Å². The third-order valence-corrected chi connectivity index (χ3v) is 5.81. The highest BCUT2D eigenvalue weighted by atomic mass is 35.5. The summed E-state index contributed by atoms with van der Waals surface area (Å²) in [5.74, 6) is -0.985. The first-order valence-corrected chi connectivity index (χ1v) is 10.3. The molecule has 4 nitrogen and oxygen atoms in total. The van der Waals surface area contributed by atoms with E-state index in [-0.39, 0.29) is 17.4 Å². The lowest BCUT2D eigenvalue weighted by molar-refractivity contribution is -0.134. The zero-order valence-electron chi connectivity index (χ0n) is 14.5. The summed E-state index contributed by atoms with van der Waals surface area (Å²) in [6.07, 6.45) is 0.496. The lowest BCUT2D eigenvalue weighted by Crippen LogP contribution is -2.17. The van der Waals surface area contributed by atoms with E-state index in [1.165, 1.54) is 0 Å². The summed E-state index contributed by atoms with van der Waals surface area (Å²) < 4.78 is 11.8. The van der Waals surface area contributed by atoms with Crippen molar-refractivity contribution in [3.63, 3.8) is 0 Å². The van der Waals surface area contributed by atoms with Gasteiger partial charge < -0.3 is 14.8 Å². The summed E-state index contributed by atoms with van der Waals surface area (Å²) in [6, 6.07) is 8.76. The number of benzene rings is 2. The molecule has 0 spiro atoms. The Balaban J connectivity index is 2.23. The number of aromatic hydroxyl groups is 1. The summed E-state index contributed by atoms with van der Waals surface area (Å²) in [5, 5.41) is 19.5. The fourth-order valence-electron chi connectivity index (χ4n) is 2.66. The standard InChI is InChI=1S/C19H20Cl2O4S/c1-11(2)14-5-12(3-4-18(14)22)6-15-16(20)7-13(8-17(15)21)9-26(25)10-19(23)24/h3-5,7-8,11,22H,6,9-10H2,1-2H3,(H,23,24). The Labute approximate surface area is 165 Å². The smallest absolute Gasteiger partial charge is 0.353 e. The normalized spacial score (nSPS) is 12.4. The van der Waals surface area contributed by atoms with Crippen LogP contribution < -0.4 is 0 Å². The number of carboxylic acids is 1. The van der Waals surface area contributed by atoms with Crippen molar-refractivity contribution in [1.82, 2.24) is 0 Å². The highest BCUT2D eigenvalue weighted by Gasteiger charge is 2.16. The molecule has 0 aliphatic heterocycles. The van der Waals surface area contributed by atoms with E-state index in [2.05, 4.69) is 0 Å². The van der Waals surface area contributed by atoms with Gasteiger partial charge in [-0.15, -0.1) is 0 Å². The zero-order chi connectivity index (χ0) is 19.4. The van der Waals surface area contributed by atoms with Gasteiger partial charge in [-0.2, -0.15) is 0 Å². The minimum Gasteiger partial charge on any atom is -0.616 e. The first-order chi connectivity index (χ1) is 12.2. The predicted molar refractivity (Wildman–Crippen MR) is 106 cm³/mol. The first-order valence-electron chi connectivity index (χ1n) is 8.02. The fraction of sp³-hybridized carbons (Fsp3) is 0.316. The molecule has 2 N–H and O–H groups in total. The summed E-state index contributed by atoms with van der Waals surface area (Å²) in [7, 11) is 0. The number of phenolic OH excluding ortho intramolecular Hbond substituents is 1. The van der Waals surface area contributed by atoms with Crippen LogP contribution in [0.15, 0.2) is 30.3 Å². The average Bonchev–Trinajstić information content (AvgIpc) is 2.51. The maximum Gasteiger partial charge on any atom is 0.353 e. The molecule has 0 saturated carbocycles. The van der Waals surface area contributed by atoms with Gasteiger partial charge in [-0.05, 0) is 52.0 Å². The van der Waals surface area contributed by atoms with Gasteiger partial charge in [0.15, 0.2) is 0 Å². The zero-order valence-corrected chi connectivity index (χ0v) is 16.8. The molecule has 0 aliphatic rings. The summed E-state index contributed by atoms with van der Waals surface area (Å²) >= 11 is 11.2. The second-order valence-corrected chi connectivity index (χ2v) is 8.66. The molecule has 2 aromatic carbocycles. The van der Waals surface area contributed by atoms with Crippen LogP contribution >= 0.6 is 23.2 Å². The van der Waals surface area contributed by atoms with Gasteiger partial charge >= 0.3 is 5.97 Å². The molecule has 0 aromatic heterocycles. The second-order valence-electron chi connectivity index (χ2n) is 6.38. The lowest BCUT2D eigenvalue weighted by Gasteiger charge is -2.14. The molecular formula is C19H20Cl2O4S. The van der Waals surface area contributed by atoms with E-state index in [1.54, 1.807) is 18.2 Å². The Morgan fingerprint density at radius 1 is 1.15 bits per heavy atom. The van der Waals surface area contributed by atoms with E-state index in [1.807, 2.05) is 26.0 Å². The number of aliphatic carboxylic acids is 1. The number of halogens is 2. The van der Waals surface area contributed by atoms with Crippen LogP contribution in [-0.2, 0) is 28.1 Å². The van der Waals surface area contributed by atoms with Gasteiger partial charge in [0.05, 0.1) is 0 Å². The molecule has 1 atom stereocenters. The van der Waals surface area contributed by atoms with E-state index in [4.69, 9.17) is 28.3 Å². The molecule has 0 fully saturated rings. The van der Waals surface area contributed by atoms with Crippen LogP contribution in [0.2, 0.25) is 10.0 Å². The number of carboxylic acid groups (broad SMARTS) is 1. The molecular weight excluding hydrogens is 395 g/mol. The molecule has 0 heterocycles. The number of hydrogen-bond donors (Lipinski definition) is 2. The fourth-order valence-corrected chi connectivity index (χ4v) is 4.24. The molecule has 0 amide bonds. The van der Waals surface area contributed by atoms with Crippen LogP contribution in [0.25, 0.3) is 0 Å². The Morgan fingerprint density at radius 3 is 2.31 bits per heavy atom. The minimum atomic E-state index is -1.52. The van der Waals surface area contributed by atoms with E-state index in [0.717, 1.165) is 16.7 Å². The maximum atomic E-state index is 11.8. The van der Waals surface area contributed by atoms with Gasteiger partial charge in [0.1, 0.15) is 11.5 Å². The summed E-state index contributed by atoms with van der Waals surface area (Å²) in [5.41, 5.74) is 3.20. The Bertz CT molecular complexity index is 785. The molecule has 0 saturated heterocycles. The van der Waals surface area contributed by atoms with Crippen molar-refractivity contribution >= 4 is 40.3 Å². The van der Waals surface area contributed by atoms with Gasteiger partial charge in [0.2, 0.25) is 5.75 Å². The van der Waals surface area contributed by atoms with Gasteiger partial charge in [-0.1, -0.05) is 49.2 Å². The molecule has 1 unspecified atom stereocenters. The Kier molecular flexibility index (Phi) is 7.24. The van der Waals surface area contributed by atoms with Gasteiger partial charge in [-0.3, -0.25) is 0 Å². The lowest BCUT2D eigenvalue weighted by atomic mass is 9.96. The third kappa shape index (κ3) is 5.55. The van der Waals surface area contributed by atoms with E-state index in [0.29, 0.717) is 22.0 Å². The van der Waals surface area contributed by atoms with Crippen molar-refractivity contribution in [2.75, 3.05) is 5.75 Å². The summed E-state index contributed by atoms with van der Waals surface area (Å²) in [6.45, 7) is 4.01. The van der Waals surface area contributed by atoms with Crippen LogP contribution in [0, 0.1) is 0 Å². The average molecular weight is 415 g/mol. The van der Waals surface area contributed by atoms with Crippen LogP contribution in [-0.4, -0.2) is 26.5 Å². The van der Waals surface area contributed by atoms with Gasteiger partial charge in [-0.25, -0.2) is 4.79 Å². The SMILES string of the molecule is CC(C)c1cc(Cc2c(Cl)cc(C[S+]([O-])CC(=O)O)cc2Cl)ccc1O. The number of hydrogen-bond acceptors (Lipinski definition) is 3. The van der Waals surface area contributed by atoms with Crippen molar-refractivity contribution in [2.24, 2.45) is 0 Å². The highest BCUT2D eigenvalue weighted by molar-refractivity contribution is 7.91. The third-order valence-electron chi connectivity index (χ3n) is 3.91. The van der Waals surface area contributed by atoms with Crippen molar-refractivity contribution < 1.29 is 19.6 Å². The van der Waals surface area contributed by atoms with Crippen molar-refractivity contribution in [3.8, 4) is 5.75 Å². The topological polar surface area (TPSA) is 80.6 Å². The number of phenols is 1. The van der Waals surface area contributed by atoms with Crippen molar-refractivity contribution in [1.29, 1.82) is 0 Å². The minimum absolute atomic E-state index is 0.0860. The molecule has 2 rings (SSSR count). The molecule has 2 aromatic rings. The quantitative estimate of drug-likeness (QED) is 0.640. The number of rotatable bonds is 7. The molecule has 7 heteroatoms.